The number of nitrogens with zero attached hydrogens (tertiary/aromatic N) is 1. The second-order valence-corrected chi connectivity index (χ2v) is 5.80. The van der Waals surface area contributed by atoms with Gasteiger partial charge in [-0.2, -0.15) is 26.3 Å². The molecular formula is C18H16F6N2O3. The van der Waals surface area contributed by atoms with Crippen LogP contribution in [0.5, 0.6) is 11.6 Å². The average Bonchev–Trinajstić information content (AvgIpc) is 2.64. The predicted octanol–water partition coefficient (Wildman–Crippen LogP) is 5.08. The standard InChI is InChI=1S/C18H16F6N2O3/c1-2-7-28-14-5-4-12(18(22,23)24)8-13(14)26-16(27)11-3-6-15(25-9-11)29-10-17(19,20)21/h3-6,8-9H,2,7,10H2,1H3,(H,26,27). The molecule has 0 saturated heterocycles. The topological polar surface area (TPSA) is 60.5 Å². The van der Waals surface area contributed by atoms with Crippen molar-refractivity contribution in [1.82, 2.24) is 4.98 Å². The summed E-state index contributed by atoms with van der Waals surface area (Å²) in [4.78, 5) is 15.9. The molecule has 0 saturated carbocycles. The fourth-order valence-corrected chi connectivity index (χ4v) is 2.09. The van der Waals surface area contributed by atoms with Crippen LogP contribution in [0, 0.1) is 0 Å². The largest absolute Gasteiger partial charge is 0.491 e. The van der Waals surface area contributed by atoms with Crippen LogP contribution in [0.15, 0.2) is 36.5 Å². The van der Waals surface area contributed by atoms with E-state index in [9.17, 15) is 31.1 Å². The van der Waals surface area contributed by atoms with E-state index < -0.39 is 30.4 Å². The van der Waals surface area contributed by atoms with E-state index in [1.807, 2.05) is 0 Å². The highest BCUT2D eigenvalue weighted by Crippen LogP contribution is 2.35. The molecule has 0 bridgehead atoms. The first-order valence-corrected chi connectivity index (χ1v) is 8.30. The number of carbonyl (C=O) groups excluding carboxylic acids is 1. The molecule has 1 aromatic carbocycles. The van der Waals surface area contributed by atoms with E-state index in [2.05, 4.69) is 15.0 Å². The van der Waals surface area contributed by atoms with Crippen molar-refractivity contribution in [2.45, 2.75) is 25.7 Å². The van der Waals surface area contributed by atoms with Gasteiger partial charge in [0.15, 0.2) is 6.61 Å². The number of carbonyl (C=O) groups is 1. The highest BCUT2D eigenvalue weighted by atomic mass is 19.4. The zero-order valence-corrected chi connectivity index (χ0v) is 15.0. The molecule has 0 aliphatic rings. The number of aromatic nitrogens is 1. The van der Waals surface area contributed by atoms with E-state index in [1.54, 1.807) is 6.92 Å². The fraction of sp³-hybridized carbons (Fsp3) is 0.333. The van der Waals surface area contributed by atoms with Gasteiger partial charge >= 0.3 is 12.4 Å². The molecule has 1 heterocycles. The van der Waals surface area contributed by atoms with Crippen molar-refractivity contribution in [3.63, 3.8) is 0 Å². The van der Waals surface area contributed by atoms with Gasteiger partial charge in [0.05, 0.1) is 23.4 Å². The van der Waals surface area contributed by atoms with E-state index in [0.717, 1.165) is 36.5 Å². The Balaban J connectivity index is 2.17. The van der Waals surface area contributed by atoms with Crippen LogP contribution in [0.4, 0.5) is 32.0 Å². The molecule has 11 heteroatoms. The van der Waals surface area contributed by atoms with Gasteiger partial charge in [0.2, 0.25) is 5.88 Å². The highest BCUT2D eigenvalue weighted by molar-refractivity contribution is 6.04. The molecule has 1 N–H and O–H groups in total. The summed E-state index contributed by atoms with van der Waals surface area (Å²) in [6.45, 7) is 0.478. The maximum atomic E-state index is 13.0. The van der Waals surface area contributed by atoms with E-state index in [4.69, 9.17) is 4.74 Å². The summed E-state index contributed by atoms with van der Waals surface area (Å²) >= 11 is 0. The molecule has 2 aromatic rings. The summed E-state index contributed by atoms with van der Waals surface area (Å²) in [6.07, 6.45) is -7.63. The Hall–Kier alpha value is -2.98. The van der Waals surface area contributed by atoms with Gasteiger partial charge in [-0.3, -0.25) is 4.79 Å². The molecule has 0 radical (unpaired) electrons. The van der Waals surface area contributed by atoms with E-state index in [-0.39, 0.29) is 29.5 Å². The van der Waals surface area contributed by atoms with Gasteiger partial charge in [-0.25, -0.2) is 4.98 Å². The Morgan fingerprint density at radius 3 is 2.34 bits per heavy atom. The number of ether oxygens (including phenoxy) is 2. The number of amides is 1. The third-order valence-corrected chi connectivity index (χ3v) is 3.40. The minimum atomic E-state index is -4.62. The Morgan fingerprint density at radius 1 is 1.07 bits per heavy atom. The summed E-state index contributed by atoms with van der Waals surface area (Å²) in [5.74, 6) is -1.13. The van der Waals surface area contributed by atoms with Crippen LogP contribution in [-0.4, -0.2) is 30.3 Å². The SMILES string of the molecule is CCCOc1ccc(C(F)(F)F)cc1NC(=O)c1ccc(OCC(F)(F)F)nc1. The lowest BCUT2D eigenvalue weighted by Gasteiger charge is -2.15. The Labute approximate surface area is 161 Å². The Kier molecular flexibility index (Phi) is 6.93. The van der Waals surface area contributed by atoms with Gasteiger partial charge in [0.1, 0.15) is 5.75 Å². The average molecular weight is 422 g/mol. The van der Waals surface area contributed by atoms with E-state index in [1.165, 1.54) is 0 Å². The molecule has 158 valence electrons. The van der Waals surface area contributed by atoms with Gasteiger partial charge in [-0.05, 0) is 30.7 Å². The smallest absolute Gasteiger partial charge is 0.422 e. The lowest BCUT2D eigenvalue weighted by molar-refractivity contribution is -0.154. The van der Waals surface area contributed by atoms with E-state index >= 15 is 0 Å². The van der Waals surface area contributed by atoms with Crippen LogP contribution in [0.25, 0.3) is 0 Å². The molecule has 5 nitrogen and oxygen atoms in total. The summed E-state index contributed by atoms with van der Waals surface area (Å²) < 4.78 is 85.0. The number of hydrogen-bond acceptors (Lipinski definition) is 4. The van der Waals surface area contributed by atoms with Crippen molar-refractivity contribution in [2.75, 3.05) is 18.5 Å². The van der Waals surface area contributed by atoms with Crippen molar-refractivity contribution in [3.05, 3.63) is 47.7 Å². The molecule has 2 rings (SSSR count). The molecule has 1 aromatic heterocycles. The van der Waals surface area contributed by atoms with Crippen molar-refractivity contribution in [1.29, 1.82) is 0 Å². The minimum absolute atomic E-state index is 0.0475. The number of hydrogen-bond donors (Lipinski definition) is 1. The maximum absolute atomic E-state index is 13.0. The zero-order valence-electron chi connectivity index (χ0n) is 15.0. The summed E-state index contributed by atoms with van der Waals surface area (Å²) in [7, 11) is 0. The van der Waals surface area contributed by atoms with Crippen LogP contribution >= 0.6 is 0 Å². The number of alkyl halides is 6. The van der Waals surface area contributed by atoms with Crippen molar-refractivity contribution >= 4 is 11.6 Å². The molecule has 0 fully saturated rings. The molecule has 1 amide bonds. The molecule has 0 unspecified atom stereocenters. The fourth-order valence-electron chi connectivity index (χ4n) is 2.09. The second-order valence-electron chi connectivity index (χ2n) is 5.80. The molecule has 0 spiro atoms. The van der Waals surface area contributed by atoms with Crippen LogP contribution < -0.4 is 14.8 Å². The van der Waals surface area contributed by atoms with Crippen LogP contribution in [0.3, 0.4) is 0 Å². The summed E-state index contributed by atoms with van der Waals surface area (Å²) in [5.41, 5.74) is -1.27. The quantitative estimate of drug-likeness (QED) is 0.632. The van der Waals surface area contributed by atoms with Crippen LogP contribution in [0.2, 0.25) is 0 Å². The normalized spacial score (nSPS) is 11.8. The first-order chi connectivity index (χ1) is 13.5. The first-order valence-electron chi connectivity index (χ1n) is 8.30. The van der Waals surface area contributed by atoms with Crippen LogP contribution in [0.1, 0.15) is 29.3 Å². The molecular weight excluding hydrogens is 406 g/mol. The number of halogens is 6. The Bertz CT molecular complexity index is 835. The summed E-state index contributed by atoms with van der Waals surface area (Å²) in [5, 5.41) is 2.30. The van der Waals surface area contributed by atoms with Crippen molar-refractivity contribution in [3.8, 4) is 11.6 Å². The monoisotopic (exact) mass is 422 g/mol. The molecule has 0 atom stereocenters. The van der Waals surface area contributed by atoms with Crippen molar-refractivity contribution in [2.24, 2.45) is 0 Å². The minimum Gasteiger partial charge on any atom is -0.491 e. The third kappa shape index (κ3) is 6.84. The second kappa shape index (κ2) is 9.01. The zero-order chi connectivity index (χ0) is 21.7. The summed E-state index contributed by atoms with van der Waals surface area (Å²) in [6, 6.07) is 4.84. The third-order valence-electron chi connectivity index (χ3n) is 3.40. The number of pyridine rings is 1. The van der Waals surface area contributed by atoms with Crippen molar-refractivity contribution < 1.29 is 40.6 Å². The maximum Gasteiger partial charge on any atom is 0.422 e. The Morgan fingerprint density at radius 2 is 1.79 bits per heavy atom. The number of rotatable bonds is 7. The van der Waals surface area contributed by atoms with Gasteiger partial charge in [-0.15, -0.1) is 0 Å². The molecule has 0 aliphatic heterocycles. The lowest BCUT2D eigenvalue weighted by Crippen LogP contribution is -2.20. The van der Waals surface area contributed by atoms with E-state index in [0.29, 0.717) is 6.42 Å². The molecule has 0 aliphatic carbocycles. The first kappa shape index (κ1) is 22.3. The lowest BCUT2D eigenvalue weighted by atomic mass is 10.1. The number of benzene rings is 1. The number of nitrogens with one attached hydrogen (secondary N) is 1. The van der Waals surface area contributed by atoms with Gasteiger partial charge < -0.3 is 14.8 Å². The highest BCUT2D eigenvalue weighted by Gasteiger charge is 2.31. The number of anilines is 1. The predicted molar refractivity (Wildman–Crippen MR) is 91.0 cm³/mol. The van der Waals surface area contributed by atoms with Gasteiger partial charge in [0, 0.05) is 12.3 Å². The molecule has 29 heavy (non-hydrogen) atoms. The van der Waals surface area contributed by atoms with Crippen LogP contribution in [-0.2, 0) is 6.18 Å². The van der Waals surface area contributed by atoms with Gasteiger partial charge in [0.25, 0.3) is 5.91 Å². The van der Waals surface area contributed by atoms with Gasteiger partial charge in [-0.1, -0.05) is 6.92 Å².